The number of aromatic hydroxyl groups is 1. The maximum atomic E-state index is 11.5. The lowest BCUT2D eigenvalue weighted by Gasteiger charge is -2.14. The molecule has 1 saturated carbocycles. The second-order valence-electron chi connectivity index (χ2n) is 8.60. The summed E-state index contributed by atoms with van der Waals surface area (Å²) in [7, 11) is 0. The van der Waals surface area contributed by atoms with E-state index in [1.165, 1.54) is 18.4 Å². The molecule has 3 aromatic carbocycles. The Hall–Kier alpha value is -3.71. The van der Waals surface area contributed by atoms with Crippen LogP contribution >= 0.6 is 11.3 Å². The second-order valence-corrected chi connectivity index (χ2v) is 9.59. The molecule has 180 valence electrons. The normalized spacial score (nSPS) is 12.9. The molecule has 0 radical (unpaired) electrons. The van der Waals surface area contributed by atoms with Crippen LogP contribution < -0.4 is 19.1 Å². The van der Waals surface area contributed by atoms with E-state index >= 15 is 0 Å². The fraction of sp³-hybridized carbons (Fsp3) is 0.250. The number of nitrogens with one attached hydrogen (secondary N) is 1. The summed E-state index contributed by atoms with van der Waals surface area (Å²) in [5, 5.41) is 9.89. The van der Waals surface area contributed by atoms with Crippen LogP contribution in [0.25, 0.3) is 10.4 Å². The lowest BCUT2D eigenvalue weighted by molar-refractivity contribution is 0.246. The minimum absolute atomic E-state index is 0.118. The fourth-order valence-corrected chi connectivity index (χ4v) is 4.58. The predicted octanol–water partition coefficient (Wildman–Crippen LogP) is 6.40. The van der Waals surface area contributed by atoms with Crippen LogP contribution in [-0.4, -0.2) is 23.3 Å². The van der Waals surface area contributed by atoms with E-state index in [1.54, 1.807) is 0 Å². The highest BCUT2D eigenvalue weighted by molar-refractivity contribution is 7.13. The summed E-state index contributed by atoms with van der Waals surface area (Å²) in [4.78, 5) is 14.1. The van der Waals surface area contributed by atoms with Crippen molar-refractivity contribution in [3.05, 3.63) is 88.0 Å². The first kappa shape index (κ1) is 23.1. The number of para-hydroxylation sites is 1. The van der Waals surface area contributed by atoms with Gasteiger partial charge in [-0.3, -0.25) is 9.78 Å². The summed E-state index contributed by atoms with van der Waals surface area (Å²) in [6.45, 7) is 1.03. The maximum absolute atomic E-state index is 11.5. The highest BCUT2D eigenvalue weighted by Crippen LogP contribution is 2.37. The quantitative estimate of drug-likeness (QED) is 0.238. The van der Waals surface area contributed by atoms with Crippen LogP contribution in [-0.2, 0) is 6.42 Å². The van der Waals surface area contributed by atoms with Gasteiger partial charge in [-0.25, -0.2) is 0 Å². The highest BCUT2D eigenvalue weighted by Gasteiger charge is 2.23. The molecule has 0 amide bonds. The van der Waals surface area contributed by atoms with Gasteiger partial charge >= 0.3 is 4.87 Å². The third kappa shape index (κ3) is 6.25. The van der Waals surface area contributed by atoms with Crippen molar-refractivity contribution in [2.24, 2.45) is 5.92 Å². The first-order valence-electron chi connectivity index (χ1n) is 11.8. The van der Waals surface area contributed by atoms with Crippen molar-refractivity contribution in [1.29, 1.82) is 0 Å². The summed E-state index contributed by atoms with van der Waals surface area (Å²) in [6, 6.07) is 23.2. The number of hydrogen-bond acceptors (Lipinski definition) is 6. The van der Waals surface area contributed by atoms with Gasteiger partial charge in [0.05, 0.1) is 18.1 Å². The van der Waals surface area contributed by atoms with Crippen molar-refractivity contribution in [1.82, 2.24) is 4.98 Å². The Balaban J connectivity index is 1.15. The van der Waals surface area contributed by atoms with Gasteiger partial charge in [0.1, 0.15) is 23.0 Å². The van der Waals surface area contributed by atoms with Crippen LogP contribution in [0.1, 0.15) is 24.8 Å². The van der Waals surface area contributed by atoms with Crippen molar-refractivity contribution in [3.8, 4) is 39.3 Å². The third-order valence-electron chi connectivity index (χ3n) is 5.76. The van der Waals surface area contributed by atoms with Gasteiger partial charge in [-0.15, -0.1) is 0 Å². The number of hydrogen-bond donors (Lipinski definition) is 2. The Morgan fingerprint density at radius 2 is 1.69 bits per heavy atom. The second kappa shape index (κ2) is 10.7. The van der Waals surface area contributed by atoms with Crippen LogP contribution in [0.15, 0.2) is 77.6 Å². The Labute approximate surface area is 207 Å². The molecule has 5 rings (SSSR count). The lowest BCUT2D eigenvalue weighted by Crippen LogP contribution is -2.06. The van der Waals surface area contributed by atoms with Crippen molar-refractivity contribution < 1.29 is 19.3 Å². The molecular formula is C28H27NO5S. The van der Waals surface area contributed by atoms with Crippen LogP contribution in [0.2, 0.25) is 0 Å². The molecule has 1 aliphatic rings. The van der Waals surface area contributed by atoms with E-state index in [4.69, 9.17) is 14.2 Å². The standard InChI is InChI=1S/C28H27NO5S/c30-27-26(35-28(31)29-27)20-6-4-9-23(17-20)32-14-5-15-33-25-13-12-24(18-21(25)16-19-10-11-19)34-22-7-2-1-3-8-22/h1-4,6-9,12-13,17-19,30H,5,10-11,14-16H2,(H,29,31). The molecule has 0 atom stereocenters. The number of thiazole rings is 1. The van der Waals surface area contributed by atoms with E-state index in [2.05, 4.69) is 11.1 Å². The molecule has 4 aromatic rings. The summed E-state index contributed by atoms with van der Waals surface area (Å²) in [5.41, 5.74) is 1.92. The van der Waals surface area contributed by atoms with Crippen LogP contribution in [0.4, 0.5) is 0 Å². The van der Waals surface area contributed by atoms with E-state index in [1.807, 2.05) is 66.7 Å². The van der Waals surface area contributed by atoms with Crippen LogP contribution in [0.3, 0.4) is 0 Å². The van der Waals surface area contributed by atoms with Crippen molar-refractivity contribution in [2.75, 3.05) is 13.2 Å². The Kier molecular flexibility index (Phi) is 7.04. The molecular weight excluding hydrogens is 462 g/mol. The maximum Gasteiger partial charge on any atom is 0.307 e. The molecule has 7 heteroatoms. The van der Waals surface area contributed by atoms with Crippen LogP contribution in [0.5, 0.6) is 28.9 Å². The molecule has 0 saturated heterocycles. The van der Waals surface area contributed by atoms with Gasteiger partial charge in [0, 0.05) is 12.0 Å². The molecule has 0 aliphatic heterocycles. The fourth-order valence-electron chi connectivity index (χ4n) is 3.85. The van der Waals surface area contributed by atoms with Gasteiger partial charge in [-0.1, -0.05) is 41.7 Å². The van der Waals surface area contributed by atoms with Crippen molar-refractivity contribution >= 4 is 11.3 Å². The summed E-state index contributed by atoms with van der Waals surface area (Å²) in [6.07, 6.45) is 4.27. The van der Waals surface area contributed by atoms with Gasteiger partial charge < -0.3 is 19.3 Å². The topological polar surface area (TPSA) is 80.8 Å². The number of rotatable bonds is 11. The van der Waals surface area contributed by atoms with Gasteiger partial charge in [0.2, 0.25) is 5.88 Å². The van der Waals surface area contributed by atoms with E-state index in [-0.39, 0.29) is 10.8 Å². The summed E-state index contributed by atoms with van der Waals surface area (Å²) in [5.74, 6) is 3.84. The Morgan fingerprint density at radius 1 is 0.886 bits per heavy atom. The van der Waals surface area contributed by atoms with E-state index in [0.717, 1.165) is 52.9 Å². The number of benzene rings is 3. The number of aromatic nitrogens is 1. The summed E-state index contributed by atoms with van der Waals surface area (Å²) < 4.78 is 18.0. The Bertz CT molecular complexity index is 1330. The first-order valence-corrected chi connectivity index (χ1v) is 12.6. The zero-order chi connectivity index (χ0) is 24.0. The molecule has 1 fully saturated rings. The average molecular weight is 490 g/mol. The lowest BCUT2D eigenvalue weighted by atomic mass is 10.1. The largest absolute Gasteiger partial charge is 0.493 e. The minimum Gasteiger partial charge on any atom is -0.493 e. The van der Waals surface area contributed by atoms with Gasteiger partial charge in [-0.2, -0.15) is 0 Å². The first-order chi connectivity index (χ1) is 17.1. The summed E-state index contributed by atoms with van der Waals surface area (Å²) >= 11 is 0.971. The smallest absolute Gasteiger partial charge is 0.307 e. The highest BCUT2D eigenvalue weighted by atomic mass is 32.1. The number of ether oxygens (including phenoxy) is 3. The average Bonchev–Trinajstić information content (AvgIpc) is 3.61. The Morgan fingerprint density at radius 3 is 2.46 bits per heavy atom. The van der Waals surface area contributed by atoms with Gasteiger partial charge in [0.25, 0.3) is 0 Å². The zero-order valence-corrected chi connectivity index (χ0v) is 20.1. The van der Waals surface area contributed by atoms with Crippen LogP contribution in [0, 0.1) is 5.92 Å². The van der Waals surface area contributed by atoms with E-state index in [9.17, 15) is 9.90 Å². The molecule has 0 spiro atoms. The monoisotopic (exact) mass is 489 g/mol. The van der Waals surface area contributed by atoms with E-state index < -0.39 is 0 Å². The van der Waals surface area contributed by atoms with Crippen molar-refractivity contribution in [2.45, 2.75) is 25.7 Å². The van der Waals surface area contributed by atoms with E-state index in [0.29, 0.717) is 23.8 Å². The van der Waals surface area contributed by atoms with Gasteiger partial charge in [0.15, 0.2) is 0 Å². The molecule has 1 aromatic heterocycles. The molecule has 0 bridgehead atoms. The molecule has 6 nitrogen and oxygen atoms in total. The minimum atomic E-state index is -0.290. The van der Waals surface area contributed by atoms with Gasteiger partial charge in [-0.05, 0) is 73.2 Å². The third-order valence-corrected chi connectivity index (χ3v) is 6.68. The number of H-pyrrole nitrogens is 1. The molecule has 1 heterocycles. The molecule has 0 unspecified atom stereocenters. The number of aromatic amines is 1. The molecule has 35 heavy (non-hydrogen) atoms. The van der Waals surface area contributed by atoms with Crippen molar-refractivity contribution in [3.63, 3.8) is 0 Å². The zero-order valence-electron chi connectivity index (χ0n) is 19.2. The molecule has 1 aliphatic carbocycles. The molecule has 2 N–H and O–H groups in total. The predicted molar refractivity (Wildman–Crippen MR) is 137 cm³/mol. The SMILES string of the molecule is O=c1[nH]c(O)c(-c2cccc(OCCCOc3ccc(Oc4ccccc4)cc3CC3CC3)c2)s1.